The average molecular weight is 523 g/mol. The summed E-state index contributed by atoms with van der Waals surface area (Å²) in [4.78, 5) is 26.4. The van der Waals surface area contributed by atoms with Crippen molar-refractivity contribution in [1.29, 1.82) is 0 Å². The van der Waals surface area contributed by atoms with Crippen LogP contribution in [0.15, 0.2) is 17.7 Å². The molecule has 1 aliphatic heterocycles. The van der Waals surface area contributed by atoms with Crippen molar-refractivity contribution in [3.8, 4) is 11.5 Å². The highest BCUT2D eigenvalue weighted by atomic mass is 33.1. The van der Waals surface area contributed by atoms with Crippen LogP contribution in [0.1, 0.15) is 11.1 Å². The highest BCUT2D eigenvalue weighted by Gasteiger charge is 2.49. The van der Waals surface area contributed by atoms with Crippen LogP contribution in [0.4, 0.5) is 26.3 Å². The van der Waals surface area contributed by atoms with E-state index in [9.17, 15) is 41.3 Å². The molecule has 0 N–H and O–H groups in total. The van der Waals surface area contributed by atoms with Gasteiger partial charge in [-0.3, -0.25) is 0 Å². The third kappa shape index (κ3) is 8.42. The molecule has 1 aromatic carbocycles. The summed E-state index contributed by atoms with van der Waals surface area (Å²) in [6, 6.07) is 1.66. The van der Waals surface area contributed by atoms with Gasteiger partial charge in [0.1, 0.15) is 24.7 Å². The predicted molar refractivity (Wildman–Crippen MR) is 105 cm³/mol. The van der Waals surface area contributed by atoms with Crippen LogP contribution in [-0.4, -0.2) is 54.4 Å². The maximum atomic E-state index is 13.5. The van der Waals surface area contributed by atoms with Gasteiger partial charge in [0.25, 0.3) is 5.09 Å². The number of fused-ring (bicyclic) bond motifs is 1. The molecule has 0 aliphatic carbocycles. The molecule has 1 heterocycles. The van der Waals surface area contributed by atoms with Gasteiger partial charge in [-0.25, -0.2) is 4.79 Å². The standard InChI is InChI=1S/C17H15F6NO7S2/c1-9-6-11(31-17(21,22)23)7-10-8-12(14(16(18,19)20)30-13(9)10)15(25)28-2-4-32-33-5-3-29-24(26)27/h6-8,14H,2-5H2,1H3. The first-order valence-corrected chi connectivity index (χ1v) is 11.3. The Hall–Kier alpha value is -2.49. The second-order valence-corrected chi connectivity index (χ2v) is 8.88. The molecule has 0 fully saturated rings. The Balaban J connectivity index is 2.09. The number of benzene rings is 1. The summed E-state index contributed by atoms with van der Waals surface area (Å²) in [6.07, 6.45) is -11.9. The Morgan fingerprint density at radius 1 is 1.15 bits per heavy atom. The lowest BCUT2D eigenvalue weighted by Crippen LogP contribution is -2.41. The van der Waals surface area contributed by atoms with Crippen molar-refractivity contribution < 1.29 is 55.3 Å². The van der Waals surface area contributed by atoms with Gasteiger partial charge in [0.2, 0.25) is 6.10 Å². The van der Waals surface area contributed by atoms with E-state index in [1.807, 2.05) is 0 Å². The number of aryl methyl sites for hydroxylation is 1. The third-order valence-electron chi connectivity index (χ3n) is 3.72. The molecule has 0 aromatic heterocycles. The minimum absolute atomic E-state index is 0.0563. The normalized spacial score (nSPS) is 15.7. The molecule has 0 saturated carbocycles. The van der Waals surface area contributed by atoms with Crippen molar-refractivity contribution >= 4 is 33.6 Å². The van der Waals surface area contributed by atoms with Crippen molar-refractivity contribution in [2.24, 2.45) is 0 Å². The lowest BCUT2D eigenvalue weighted by molar-refractivity contribution is -0.756. The molecular weight excluding hydrogens is 508 g/mol. The van der Waals surface area contributed by atoms with Gasteiger partial charge in [0.15, 0.2) is 0 Å². The van der Waals surface area contributed by atoms with E-state index < -0.39 is 41.0 Å². The average Bonchev–Trinajstić information content (AvgIpc) is 2.66. The number of hydrogen-bond donors (Lipinski definition) is 0. The fraction of sp³-hybridized carbons (Fsp3) is 0.471. The first-order chi connectivity index (χ1) is 15.3. The number of alkyl halides is 6. The molecule has 8 nitrogen and oxygen atoms in total. The van der Waals surface area contributed by atoms with Gasteiger partial charge < -0.3 is 19.0 Å². The molecule has 0 bridgehead atoms. The number of esters is 1. The summed E-state index contributed by atoms with van der Waals surface area (Å²) in [6.45, 7) is 0.774. The Kier molecular flexibility index (Phi) is 8.99. The molecule has 1 aromatic rings. The number of carbonyl (C=O) groups is 1. The SMILES string of the molecule is Cc1cc(OC(F)(F)F)cc2c1OC(C(F)(F)F)C(C(=O)OCCSSCCO[N+](=O)[O-])=C2. The van der Waals surface area contributed by atoms with Crippen LogP contribution in [0.25, 0.3) is 6.08 Å². The fourth-order valence-corrected chi connectivity index (χ4v) is 4.22. The number of hydrogen-bond acceptors (Lipinski definition) is 9. The molecule has 0 amide bonds. The van der Waals surface area contributed by atoms with Crippen LogP contribution in [0.5, 0.6) is 11.5 Å². The van der Waals surface area contributed by atoms with Crippen LogP contribution < -0.4 is 9.47 Å². The van der Waals surface area contributed by atoms with Gasteiger partial charge >= 0.3 is 18.5 Å². The Labute approximate surface area is 190 Å². The first-order valence-electron chi connectivity index (χ1n) is 8.82. The molecular formula is C17H15F6NO7S2. The van der Waals surface area contributed by atoms with Crippen molar-refractivity contribution in [2.75, 3.05) is 24.7 Å². The van der Waals surface area contributed by atoms with E-state index in [0.717, 1.165) is 39.8 Å². The largest absolute Gasteiger partial charge is 0.573 e. The number of ether oxygens (including phenoxy) is 3. The number of rotatable bonds is 10. The minimum Gasteiger partial charge on any atom is -0.475 e. The lowest BCUT2D eigenvalue weighted by Gasteiger charge is -2.29. The maximum Gasteiger partial charge on any atom is 0.573 e. The second-order valence-electron chi connectivity index (χ2n) is 6.18. The molecule has 0 spiro atoms. The third-order valence-corrected chi connectivity index (χ3v) is 6.05. The maximum absolute atomic E-state index is 13.5. The van der Waals surface area contributed by atoms with Gasteiger partial charge in [-0.05, 0) is 30.7 Å². The molecule has 33 heavy (non-hydrogen) atoms. The Morgan fingerprint density at radius 3 is 2.36 bits per heavy atom. The van der Waals surface area contributed by atoms with Crippen molar-refractivity contribution in [1.82, 2.24) is 0 Å². The molecule has 184 valence electrons. The van der Waals surface area contributed by atoms with Gasteiger partial charge in [-0.15, -0.1) is 23.3 Å². The molecule has 1 atom stereocenters. The van der Waals surface area contributed by atoms with Crippen LogP contribution in [-0.2, 0) is 14.4 Å². The number of nitrogens with zero attached hydrogens (tertiary/aromatic N) is 1. The summed E-state index contributed by atoms with van der Waals surface area (Å²) in [5.41, 5.74) is -1.20. The second kappa shape index (κ2) is 11.1. The van der Waals surface area contributed by atoms with Gasteiger partial charge in [0.05, 0.1) is 5.57 Å². The molecule has 1 unspecified atom stereocenters. The van der Waals surface area contributed by atoms with E-state index in [1.54, 1.807) is 0 Å². The summed E-state index contributed by atoms with van der Waals surface area (Å²) in [5, 5.41) is 9.03. The van der Waals surface area contributed by atoms with Gasteiger partial charge in [-0.2, -0.15) is 13.2 Å². The molecule has 16 heteroatoms. The minimum atomic E-state index is -5.03. The smallest absolute Gasteiger partial charge is 0.475 e. The zero-order chi connectivity index (χ0) is 24.8. The summed E-state index contributed by atoms with van der Waals surface area (Å²) < 4.78 is 91.5. The molecule has 2 rings (SSSR count). The van der Waals surface area contributed by atoms with Crippen LogP contribution in [0.3, 0.4) is 0 Å². The highest BCUT2D eigenvalue weighted by molar-refractivity contribution is 8.76. The molecule has 1 aliphatic rings. The van der Waals surface area contributed by atoms with E-state index in [2.05, 4.69) is 9.57 Å². The number of halogens is 6. The van der Waals surface area contributed by atoms with Gasteiger partial charge in [-0.1, -0.05) is 21.6 Å². The van der Waals surface area contributed by atoms with E-state index in [0.29, 0.717) is 0 Å². The van der Waals surface area contributed by atoms with Crippen LogP contribution in [0.2, 0.25) is 0 Å². The summed E-state index contributed by atoms with van der Waals surface area (Å²) in [5.74, 6) is -1.99. The van der Waals surface area contributed by atoms with Crippen molar-refractivity contribution in [2.45, 2.75) is 25.6 Å². The highest BCUT2D eigenvalue weighted by Crippen LogP contribution is 2.41. The van der Waals surface area contributed by atoms with E-state index in [1.165, 1.54) is 6.92 Å². The zero-order valence-corrected chi connectivity index (χ0v) is 18.2. The first kappa shape index (κ1) is 26.8. The number of carbonyl (C=O) groups excluding carboxylic acids is 1. The Morgan fingerprint density at radius 2 is 1.79 bits per heavy atom. The van der Waals surface area contributed by atoms with Gasteiger partial charge in [0, 0.05) is 17.1 Å². The zero-order valence-electron chi connectivity index (χ0n) is 16.5. The predicted octanol–water partition coefficient (Wildman–Crippen LogP) is 4.73. The van der Waals surface area contributed by atoms with Crippen molar-refractivity contribution in [3.63, 3.8) is 0 Å². The van der Waals surface area contributed by atoms with E-state index in [4.69, 9.17) is 9.47 Å². The Bertz CT molecular complexity index is 907. The van der Waals surface area contributed by atoms with E-state index >= 15 is 0 Å². The van der Waals surface area contributed by atoms with Crippen LogP contribution >= 0.6 is 21.6 Å². The fourth-order valence-electron chi connectivity index (χ4n) is 2.58. The van der Waals surface area contributed by atoms with E-state index in [-0.39, 0.29) is 41.6 Å². The summed E-state index contributed by atoms with van der Waals surface area (Å²) >= 11 is 0. The monoisotopic (exact) mass is 523 g/mol. The van der Waals surface area contributed by atoms with Crippen molar-refractivity contribution in [3.05, 3.63) is 38.9 Å². The topological polar surface area (TPSA) is 97.1 Å². The molecule has 0 saturated heterocycles. The quantitative estimate of drug-likeness (QED) is 0.108. The van der Waals surface area contributed by atoms with Crippen LogP contribution in [0, 0.1) is 17.0 Å². The summed E-state index contributed by atoms with van der Waals surface area (Å²) in [7, 11) is 2.29. The lowest BCUT2D eigenvalue weighted by atomic mass is 9.99. The molecule has 0 radical (unpaired) electrons.